The Morgan fingerprint density at radius 2 is 2.14 bits per heavy atom. The smallest absolute Gasteiger partial charge is 0.335 e. The summed E-state index contributed by atoms with van der Waals surface area (Å²) < 4.78 is 2.29. The third-order valence-corrected chi connectivity index (χ3v) is 4.39. The van der Waals surface area contributed by atoms with Crippen molar-refractivity contribution in [3.63, 3.8) is 0 Å². The molecule has 0 amide bonds. The quantitative estimate of drug-likeness (QED) is 0.870. The minimum absolute atomic E-state index is 0.292. The largest absolute Gasteiger partial charge is 0.478 e. The highest BCUT2D eigenvalue weighted by Gasteiger charge is 2.20. The third-order valence-electron chi connectivity index (χ3n) is 3.68. The summed E-state index contributed by atoms with van der Waals surface area (Å²) in [5, 5.41) is 9.13. The van der Waals surface area contributed by atoms with Crippen molar-refractivity contribution in [3.05, 3.63) is 29.6 Å². The molecule has 0 spiro atoms. The molecule has 1 heterocycles. The second-order valence-electron chi connectivity index (χ2n) is 5.52. The van der Waals surface area contributed by atoms with Gasteiger partial charge >= 0.3 is 5.97 Å². The summed E-state index contributed by atoms with van der Waals surface area (Å²) >= 11 is 1.83. The standard InChI is InChI=1S/C16H22N2O2S/c1-5-12(9-21-4)18-14-7-6-11(16(19)20)8-13(14)17-15(18)10(2)3/h6-8,10,12H,5,9H2,1-4H3,(H,19,20). The van der Waals surface area contributed by atoms with Crippen molar-refractivity contribution in [3.8, 4) is 0 Å². The summed E-state index contributed by atoms with van der Waals surface area (Å²) in [4.78, 5) is 15.8. The molecule has 1 aromatic carbocycles. The number of thioether (sulfide) groups is 1. The number of fused-ring (bicyclic) bond motifs is 1. The molecule has 0 saturated carbocycles. The zero-order valence-electron chi connectivity index (χ0n) is 13.0. The van der Waals surface area contributed by atoms with E-state index in [1.807, 2.05) is 17.8 Å². The molecule has 0 saturated heterocycles. The van der Waals surface area contributed by atoms with Crippen molar-refractivity contribution < 1.29 is 9.90 Å². The predicted octanol–water partition coefficient (Wildman–Crippen LogP) is 4.17. The molecule has 1 atom stereocenters. The van der Waals surface area contributed by atoms with Gasteiger partial charge in [0, 0.05) is 17.7 Å². The molecule has 0 radical (unpaired) electrons. The van der Waals surface area contributed by atoms with Gasteiger partial charge < -0.3 is 9.67 Å². The molecule has 4 nitrogen and oxygen atoms in total. The number of nitrogens with zero attached hydrogens (tertiary/aromatic N) is 2. The molecule has 2 rings (SSSR count). The summed E-state index contributed by atoms with van der Waals surface area (Å²) in [6.45, 7) is 6.44. The minimum Gasteiger partial charge on any atom is -0.478 e. The summed E-state index contributed by atoms with van der Waals surface area (Å²) in [6, 6.07) is 5.61. The van der Waals surface area contributed by atoms with Crippen LogP contribution in [0, 0.1) is 0 Å². The van der Waals surface area contributed by atoms with Gasteiger partial charge in [-0.05, 0) is 30.9 Å². The van der Waals surface area contributed by atoms with Gasteiger partial charge in [0.1, 0.15) is 5.82 Å². The average molecular weight is 306 g/mol. The maximum atomic E-state index is 11.1. The van der Waals surface area contributed by atoms with Crippen LogP contribution in [0.25, 0.3) is 11.0 Å². The molecule has 0 fully saturated rings. The van der Waals surface area contributed by atoms with Crippen molar-refractivity contribution in [2.45, 2.75) is 39.2 Å². The Balaban J connectivity index is 2.65. The second kappa shape index (κ2) is 6.52. The first-order chi connectivity index (χ1) is 9.99. The number of hydrogen-bond acceptors (Lipinski definition) is 3. The van der Waals surface area contributed by atoms with Gasteiger partial charge in [0.2, 0.25) is 0 Å². The Morgan fingerprint density at radius 1 is 1.43 bits per heavy atom. The first-order valence-electron chi connectivity index (χ1n) is 7.23. The number of benzene rings is 1. The highest BCUT2D eigenvalue weighted by molar-refractivity contribution is 7.98. The number of hydrogen-bond donors (Lipinski definition) is 1. The van der Waals surface area contributed by atoms with Crippen LogP contribution >= 0.6 is 11.8 Å². The van der Waals surface area contributed by atoms with E-state index < -0.39 is 5.97 Å². The first-order valence-corrected chi connectivity index (χ1v) is 8.63. The van der Waals surface area contributed by atoms with Gasteiger partial charge in [-0.2, -0.15) is 11.8 Å². The lowest BCUT2D eigenvalue weighted by Crippen LogP contribution is -2.15. The number of aromatic carboxylic acids is 1. The summed E-state index contributed by atoms with van der Waals surface area (Å²) in [5.41, 5.74) is 2.10. The normalized spacial score (nSPS) is 13.0. The van der Waals surface area contributed by atoms with E-state index in [4.69, 9.17) is 10.1 Å². The second-order valence-corrected chi connectivity index (χ2v) is 6.43. The Hall–Kier alpha value is -1.49. The number of aromatic nitrogens is 2. The maximum Gasteiger partial charge on any atom is 0.335 e. The van der Waals surface area contributed by atoms with E-state index in [1.165, 1.54) is 0 Å². The predicted molar refractivity (Wildman–Crippen MR) is 88.5 cm³/mol. The Kier molecular flexibility index (Phi) is 4.93. The van der Waals surface area contributed by atoms with Gasteiger partial charge in [-0.1, -0.05) is 20.8 Å². The van der Waals surface area contributed by atoms with Gasteiger partial charge in [0.25, 0.3) is 0 Å². The van der Waals surface area contributed by atoms with E-state index in [0.717, 1.165) is 29.0 Å². The van der Waals surface area contributed by atoms with E-state index in [2.05, 4.69) is 31.6 Å². The number of carboxylic acid groups (broad SMARTS) is 1. The van der Waals surface area contributed by atoms with Crippen LogP contribution in [0.15, 0.2) is 18.2 Å². The van der Waals surface area contributed by atoms with E-state index in [0.29, 0.717) is 17.5 Å². The lowest BCUT2D eigenvalue weighted by molar-refractivity contribution is 0.0697. The summed E-state index contributed by atoms with van der Waals surface area (Å²) in [7, 11) is 0. The van der Waals surface area contributed by atoms with Crippen LogP contribution in [0.4, 0.5) is 0 Å². The van der Waals surface area contributed by atoms with Gasteiger partial charge in [0.15, 0.2) is 0 Å². The highest BCUT2D eigenvalue weighted by atomic mass is 32.2. The van der Waals surface area contributed by atoms with Crippen molar-refractivity contribution >= 4 is 28.8 Å². The zero-order chi connectivity index (χ0) is 15.6. The lowest BCUT2D eigenvalue weighted by Gasteiger charge is -2.21. The molecule has 1 N–H and O–H groups in total. The Morgan fingerprint density at radius 3 is 2.67 bits per heavy atom. The molecule has 0 aliphatic heterocycles. The number of imidazole rings is 1. The van der Waals surface area contributed by atoms with Crippen LogP contribution < -0.4 is 0 Å². The van der Waals surface area contributed by atoms with Gasteiger partial charge in [-0.3, -0.25) is 0 Å². The van der Waals surface area contributed by atoms with Crippen molar-refractivity contribution in [2.75, 3.05) is 12.0 Å². The molecule has 1 unspecified atom stereocenters. The van der Waals surface area contributed by atoms with E-state index in [-0.39, 0.29) is 0 Å². The van der Waals surface area contributed by atoms with Crippen LogP contribution in [0.3, 0.4) is 0 Å². The van der Waals surface area contributed by atoms with E-state index in [1.54, 1.807) is 12.1 Å². The Labute approximate surface area is 129 Å². The van der Waals surface area contributed by atoms with Crippen LogP contribution in [0.2, 0.25) is 0 Å². The van der Waals surface area contributed by atoms with E-state index in [9.17, 15) is 4.79 Å². The van der Waals surface area contributed by atoms with Gasteiger partial charge in [-0.25, -0.2) is 9.78 Å². The van der Waals surface area contributed by atoms with Crippen LogP contribution in [0.1, 0.15) is 55.3 Å². The topological polar surface area (TPSA) is 55.1 Å². The molecular formula is C16H22N2O2S. The fraction of sp³-hybridized carbons (Fsp3) is 0.500. The molecule has 114 valence electrons. The monoisotopic (exact) mass is 306 g/mol. The molecule has 0 aliphatic carbocycles. The van der Waals surface area contributed by atoms with Crippen LogP contribution in [0.5, 0.6) is 0 Å². The van der Waals surface area contributed by atoms with E-state index >= 15 is 0 Å². The zero-order valence-corrected chi connectivity index (χ0v) is 13.8. The maximum absolute atomic E-state index is 11.1. The molecule has 21 heavy (non-hydrogen) atoms. The number of carboxylic acids is 1. The average Bonchev–Trinajstić information content (AvgIpc) is 2.83. The molecule has 0 aliphatic rings. The van der Waals surface area contributed by atoms with Crippen molar-refractivity contribution in [1.82, 2.24) is 9.55 Å². The fourth-order valence-corrected chi connectivity index (χ4v) is 3.38. The summed E-state index contributed by atoms with van der Waals surface area (Å²) in [5.74, 6) is 1.46. The molecular weight excluding hydrogens is 284 g/mol. The SMILES string of the molecule is CCC(CSC)n1c(C(C)C)nc2cc(C(=O)O)ccc21. The first kappa shape index (κ1) is 15.9. The Bertz CT molecular complexity index is 649. The van der Waals surface area contributed by atoms with Crippen LogP contribution in [-0.2, 0) is 0 Å². The third kappa shape index (κ3) is 3.07. The molecule has 2 aromatic rings. The van der Waals surface area contributed by atoms with Gasteiger partial charge in [0.05, 0.1) is 16.6 Å². The highest BCUT2D eigenvalue weighted by Crippen LogP contribution is 2.29. The molecule has 0 bridgehead atoms. The number of carbonyl (C=O) groups is 1. The molecule has 5 heteroatoms. The summed E-state index contributed by atoms with van der Waals surface area (Å²) in [6.07, 6.45) is 3.14. The molecule has 1 aromatic heterocycles. The fourth-order valence-electron chi connectivity index (χ4n) is 2.61. The van der Waals surface area contributed by atoms with Gasteiger partial charge in [-0.15, -0.1) is 0 Å². The minimum atomic E-state index is -0.909. The van der Waals surface area contributed by atoms with Crippen molar-refractivity contribution in [2.24, 2.45) is 0 Å². The number of rotatable bonds is 6. The lowest BCUT2D eigenvalue weighted by atomic mass is 10.1. The van der Waals surface area contributed by atoms with Crippen molar-refractivity contribution in [1.29, 1.82) is 0 Å². The van der Waals surface area contributed by atoms with Crippen LogP contribution in [-0.4, -0.2) is 32.6 Å².